The Morgan fingerprint density at radius 3 is 2.63 bits per heavy atom. The molecular formula is C12H15ClN2O3S. The minimum atomic E-state index is -3.79. The molecule has 0 atom stereocenters. The van der Waals surface area contributed by atoms with Crippen LogP contribution in [0.15, 0.2) is 17.2 Å². The van der Waals surface area contributed by atoms with Crippen molar-refractivity contribution in [3.63, 3.8) is 0 Å². The van der Waals surface area contributed by atoms with Gasteiger partial charge in [-0.25, -0.2) is 8.42 Å². The predicted octanol–water partition coefficient (Wildman–Crippen LogP) is 1.86. The van der Waals surface area contributed by atoms with Crippen molar-refractivity contribution in [1.82, 2.24) is 10.3 Å². The molecule has 7 heteroatoms. The van der Waals surface area contributed by atoms with Gasteiger partial charge in [-0.05, 0) is 43.1 Å². The van der Waals surface area contributed by atoms with Crippen molar-refractivity contribution in [2.45, 2.75) is 30.6 Å². The number of rotatable bonds is 5. The van der Waals surface area contributed by atoms with E-state index in [0.717, 1.165) is 5.92 Å². The van der Waals surface area contributed by atoms with E-state index in [4.69, 9.17) is 10.7 Å². The van der Waals surface area contributed by atoms with Crippen molar-refractivity contribution in [1.29, 1.82) is 0 Å². The third-order valence-corrected chi connectivity index (χ3v) is 5.45. The van der Waals surface area contributed by atoms with Crippen LogP contribution in [0.1, 0.15) is 36.2 Å². The van der Waals surface area contributed by atoms with Crippen molar-refractivity contribution in [3.05, 3.63) is 18.0 Å². The summed E-state index contributed by atoms with van der Waals surface area (Å²) in [7, 11) is 1.42. The molecule has 0 saturated heterocycles. The zero-order chi connectivity index (χ0) is 13.7. The molecule has 1 amide bonds. The van der Waals surface area contributed by atoms with Crippen molar-refractivity contribution in [3.8, 4) is 0 Å². The predicted molar refractivity (Wildman–Crippen MR) is 70.6 cm³/mol. The molecule has 1 heterocycles. The third kappa shape index (κ3) is 2.65. The molecule has 0 radical (unpaired) electrons. The number of nitrogens with one attached hydrogen (secondary N) is 2. The molecule has 0 unspecified atom stereocenters. The zero-order valence-corrected chi connectivity index (χ0v) is 11.9. The number of hydrogen-bond donors (Lipinski definition) is 2. The molecule has 0 aliphatic heterocycles. The van der Waals surface area contributed by atoms with Crippen LogP contribution in [0.4, 0.5) is 0 Å². The summed E-state index contributed by atoms with van der Waals surface area (Å²) in [5.74, 6) is 0.494. The molecule has 104 valence electrons. The number of hydrogen-bond acceptors (Lipinski definition) is 3. The van der Waals surface area contributed by atoms with Gasteiger partial charge in [-0.1, -0.05) is 0 Å². The maximum atomic E-state index is 11.9. The fraction of sp³-hybridized carbons (Fsp3) is 0.583. The number of amides is 1. The highest BCUT2D eigenvalue weighted by molar-refractivity contribution is 8.13. The Balaban J connectivity index is 1.63. The maximum absolute atomic E-state index is 11.9. The molecule has 2 aliphatic rings. The standard InChI is InChI=1S/C12H15ClN2O3S/c13-19(17,18)9-5-10(14-6-9)11(16)15-7-12(3-4-12)8-1-2-8/h5-6,8,14H,1-4,7H2,(H,15,16). The summed E-state index contributed by atoms with van der Waals surface area (Å²) in [6.45, 7) is 0.679. The first kappa shape index (κ1) is 13.0. The summed E-state index contributed by atoms with van der Waals surface area (Å²) in [5, 5.41) is 2.88. The highest BCUT2D eigenvalue weighted by Gasteiger charge is 2.53. The van der Waals surface area contributed by atoms with Crippen molar-refractivity contribution >= 4 is 25.6 Å². The van der Waals surface area contributed by atoms with Gasteiger partial charge in [0.2, 0.25) is 0 Å². The van der Waals surface area contributed by atoms with E-state index in [1.165, 1.54) is 37.9 Å². The molecule has 2 N–H and O–H groups in total. The minimum Gasteiger partial charge on any atom is -0.356 e. The molecule has 2 saturated carbocycles. The first-order valence-corrected chi connectivity index (χ1v) is 8.63. The van der Waals surface area contributed by atoms with E-state index in [-0.39, 0.29) is 16.5 Å². The van der Waals surface area contributed by atoms with Gasteiger partial charge in [0.15, 0.2) is 0 Å². The van der Waals surface area contributed by atoms with Crippen LogP contribution < -0.4 is 5.32 Å². The van der Waals surface area contributed by atoms with Gasteiger partial charge < -0.3 is 10.3 Å². The van der Waals surface area contributed by atoms with Crippen LogP contribution in [0, 0.1) is 11.3 Å². The minimum absolute atomic E-state index is 0.0809. The van der Waals surface area contributed by atoms with Crippen molar-refractivity contribution in [2.75, 3.05) is 6.54 Å². The van der Waals surface area contributed by atoms with Gasteiger partial charge in [0.05, 0.1) is 0 Å². The fourth-order valence-electron chi connectivity index (χ4n) is 2.58. The number of aromatic amines is 1. The second kappa shape index (κ2) is 4.24. The molecule has 5 nitrogen and oxygen atoms in total. The summed E-state index contributed by atoms with van der Waals surface area (Å²) in [5.41, 5.74) is 0.551. The highest BCUT2D eigenvalue weighted by Crippen LogP contribution is 2.60. The zero-order valence-electron chi connectivity index (χ0n) is 10.3. The maximum Gasteiger partial charge on any atom is 0.267 e. The van der Waals surface area contributed by atoms with E-state index >= 15 is 0 Å². The molecular weight excluding hydrogens is 288 g/mol. The molecule has 19 heavy (non-hydrogen) atoms. The lowest BCUT2D eigenvalue weighted by atomic mass is 10.0. The summed E-state index contributed by atoms with van der Waals surface area (Å²) >= 11 is 0. The van der Waals surface area contributed by atoms with Gasteiger partial charge >= 0.3 is 0 Å². The van der Waals surface area contributed by atoms with E-state index in [1.54, 1.807) is 0 Å². The lowest BCUT2D eigenvalue weighted by molar-refractivity contribution is 0.0938. The summed E-state index contributed by atoms with van der Waals surface area (Å²) in [6.07, 6.45) is 6.14. The smallest absolute Gasteiger partial charge is 0.267 e. The van der Waals surface area contributed by atoms with Gasteiger partial charge in [0.25, 0.3) is 15.0 Å². The lowest BCUT2D eigenvalue weighted by Gasteiger charge is -2.14. The van der Waals surface area contributed by atoms with Gasteiger partial charge in [0.1, 0.15) is 10.6 Å². The van der Waals surface area contributed by atoms with E-state index in [9.17, 15) is 13.2 Å². The Morgan fingerprint density at radius 1 is 1.47 bits per heavy atom. The Labute approximate surface area is 116 Å². The second-order valence-electron chi connectivity index (χ2n) is 5.51. The van der Waals surface area contributed by atoms with Gasteiger partial charge in [-0.3, -0.25) is 4.79 Å². The third-order valence-electron chi connectivity index (χ3n) is 4.12. The lowest BCUT2D eigenvalue weighted by Crippen LogP contribution is -2.31. The molecule has 0 aromatic carbocycles. The fourth-order valence-corrected chi connectivity index (χ4v) is 3.31. The Morgan fingerprint density at radius 2 is 2.16 bits per heavy atom. The van der Waals surface area contributed by atoms with Crippen LogP contribution in [0.5, 0.6) is 0 Å². The molecule has 2 fully saturated rings. The van der Waals surface area contributed by atoms with Gasteiger partial charge in [-0.15, -0.1) is 0 Å². The quantitative estimate of drug-likeness (QED) is 0.815. The number of H-pyrrole nitrogens is 1. The molecule has 1 aromatic rings. The first-order valence-electron chi connectivity index (χ1n) is 6.32. The first-order chi connectivity index (χ1) is 8.91. The summed E-state index contributed by atoms with van der Waals surface area (Å²) in [6, 6.07) is 1.26. The number of carbonyl (C=O) groups excluding carboxylic acids is 1. The van der Waals surface area contributed by atoms with Crippen LogP contribution in [0.3, 0.4) is 0 Å². The van der Waals surface area contributed by atoms with Gasteiger partial charge in [-0.2, -0.15) is 0 Å². The van der Waals surface area contributed by atoms with Crippen LogP contribution >= 0.6 is 10.7 Å². The average Bonchev–Trinajstić information content (AvgIpc) is 3.22. The average molecular weight is 303 g/mol. The Bertz CT molecular complexity index is 615. The Kier molecular flexibility index (Phi) is 2.90. The van der Waals surface area contributed by atoms with Crippen molar-refractivity contribution < 1.29 is 13.2 Å². The SMILES string of the molecule is O=C(NCC1(C2CC2)CC1)c1cc(S(=O)(=O)Cl)c[nH]1. The van der Waals surface area contributed by atoms with E-state index < -0.39 is 9.05 Å². The Hall–Kier alpha value is -1.01. The molecule has 0 bridgehead atoms. The largest absolute Gasteiger partial charge is 0.356 e. The highest BCUT2D eigenvalue weighted by atomic mass is 35.7. The van der Waals surface area contributed by atoms with Crippen LogP contribution in [-0.4, -0.2) is 25.9 Å². The van der Waals surface area contributed by atoms with Crippen LogP contribution in [0.2, 0.25) is 0 Å². The number of carbonyl (C=O) groups is 1. The summed E-state index contributed by atoms with van der Waals surface area (Å²) in [4.78, 5) is 14.5. The molecule has 0 spiro atoms. The molecule has 2 aliphatic carbocycles. The molecule has 1 aromatic heterocycles. The van der Waals surface area contributed by atoms with Crippen molar-refractivity contribution in [2.24, 2.45) is 11.3 Å². The van der Waals surface area contributed by atoms with E-state index in [1.807, 2.05) is 0 Å². The van der Waals surface area contributed by atoms with Crippen LogP contribution in [0.25, 0.3) is 0 Å². The molecule has 3 rings (SSSR count). The van der Waals surface area contributed by atoms with Crippen LogP contribution in [-0.2, 0) is 9.05 Å². The number of aromatic nitrogens is 1. The van der Waals surface area contributed by atoms with Gasteiger partial charge in [0, 0.05) is 23.4 Å². The second-order valence-corrected chi connectivity index (χ2v) is 8.07. The topological polar surface area (TPSA) is 79.0 Å². The monoisotopic (exact) mass is 302 g/mol. The normalized spacial score (nSPS) is 21.1. The summed E-state index contributed by atoms with van der Waals surface area (Å²) < 4.78 is 22.2. The van der Waals surface area contributed by atoms with E-state index in [2.05, 4.69) is 10.3 Å². The van der Waals surface area contributed by atoms with E-state index in [0.29, 0.717) is 12.0 Å². The number of halogens is 1.